The molecule has 0 saturated heterocycles. The number of carboxylic acids is 1. The van der Waals surface area contributed by atoms with Crippen molar-refractivity contribution in [2.24, 2.45) is 0 Å². The fraction of sp³-hybridized carbons (Fsp3) is 0.0625. The number of nitrogens with zero attached hydrogens (tertiary/aromatic N) is 2. The SMILES string of the molecule is O=C(O)c1cccc(-c2noc(-c3ccc(OC(O)(F)P)cc3)n2)c1. The number of aromatic nitrogens is 2. The first-order chi connectivity index (χ1) is 11.8. The van der Waals surface area contributed by atoms with Gasteiger partial charge in [0.05, 0.1) is 5.56 Å². The number of aliphatic hydroxyl groups is 1. The van der Waals surface area contributed by atoms with Crippen molar-refractivity contribution in [3.8, 4) is 28.6 Å². The first-order valence-electron chi connectivity index (χ1n) is 6.99. The molecule has 0 radical (unpaired) electrons. The molecule has 0 spiro atoms. The van der Waals surface area contributed by atoms with Gasteiger partial charge >= 0.3 is 11.8 Å². The molecule has 128 valence electrons. The molecule has 2 aromatic carbocycles. The van der Waals surface area contributed by atoms with Gasteiger partial charge in [0.25, 0.3) is 5.89 Å². The maximum Gasteiger partial charge on any atom is 0.371 e. The van der Waals surface area contributed by atoms with Gasteiger partial charge in [-0.3, -0.25) is 0 Å². The first-order valence-corrected chi connectivity index (χ1v) is 7.56. The molecule has 0 aliphatic carbocycles. The minimum Gasteiger partial charge on any atom is -0.478 e. The molecular formula is C16H12FN2O5P. The van der Waals surface area contributed by atoms with Crippen LogP contribution in [0.5, 0.6) is 5.75 Å². The number of hydrogen-bond donors (Lipinski definition) is 2. The summed E-state index contributed by atoms with van der Waals surface area (Å²) in [5, 5.41) is 21.8. The van der Waals surface area contributed by atoms with E-state index in [4.69, 9.17) is 14.7 Å². The van der Waals surface area contributed by atoms with Crippen LogP contribution in [-0.4, -0.2) is 32.1 Å². The Bertz CT molecular complexity index is 905. The van der Waals surface area contributed by atoms with Crippen LogP contribution in [-0.2, 0) is 0 Å². The van der Waals surface area contributed by atoms with Crippen LogP contribution in [0.4, 0.5) is 4.39 Å². The summed E-state index contributed by atoms with van der Waals surface area (Å²) >= 11 is 0. The Kier molecular flexibility index (Phi) is 4.48. The largest absolute Gasteiger partial charge is 0.478 e. The Labute approximate surface area is 143 Å². The zero-order chi connectivity index (χ0) is 18.0. The van der Waals surface area contributed by atoms with Crippen LogP contribution in [0.25, 0.3) is 22.8 Å². The molecule has 2 unspecified atom stereocenters. The second kappa shape index (κ2) is 6.58. The summed E-state index contributed by atoms with van der Waals surface area (Å²) in [5.74, 6) is -3.36. The van der Waals surface area contributed by atoms with E-state index in [-0.39, 0.29) is 23.0 Å². The van der Waals surface area contributed by atoms with E-state index in [1.165, 1.54) is 33.5 Å². The van der Waals surface area contributed by atoms with Crippen LogP contribution in [0, 0.1) is 0 Å². The van der Waals surface area contributed by atoms with Crippen molar-refractivity contribution >= 4 is 15.2 Å². The van der Waals surface area contributed by atoms with Crippen LogP contribution in [0.15, 0.2) is 53.1 Å². The van der Waals surface area contributed by atoms with Gasteiger partial charge in [0.1, 0.15) is 5.75 Å². The molecule has 0 amide bonds. The van der Waals surface area contributed by atoms with Gasteiger partial charge in [-0.25, -0.2) is 4.79 Å². The van der Waals surface area contributed by atoms with Gasteiger partial charge in [0.2, 0.25) is 5.82 Å². The Morgan fingerprint density at radius 2 is 1.92 bits per heavy atom. The smallest absolute Gasteiger partial charge is 0.371 e. The quantitative estimate of drug-likeness (QED) is 0.531. The van der Waals surface area contributed by atoms with E-state index in [2.05, 4.69) is 14.9 Å². The van der Waals surface area contributed by atoms with Crippen LogP contribution in [0.3, 0.4) is 0 Å². The summed E-state index contributed by atoms with van der Waals surface area (Å²) in [6.07, 6.45) is 0. The van der Waals surface area contributed by atoms with E-state index in [1.54, 1.807) is 24.3 Å². The molecule has 25 heavy (non-hydrogen) atoms. The van der Waals surface area contributed by atoms with Gasteiger partial charge in [-0.15, -0.1) is 0 Å². The summed E-state index contributed by atoms with van der Waals surface area (Å²) in [7, 11) is 1.51. The van der Waals surface area contributed by atoms with Gasteiger partial charge in [-0.2, -0.15) is 9.37 Å². The van der Waals surface area contributed by atoms with E-state index in [1.807, 2.05) is 0 Å². The minimum atomic E-state index is -2.85. The normalized spacial score (nSPS) is 13.2. The summed E-state index contributed by atoms with van der Waals surface area (Å²) in [5.41, 5.74) is 1.16. The Balaban J connectivity index is 1.84. The maximum absolute atomic E-state index is 13.0. The highest BCUT2D eigenvalue weighted by molar-refractivity contribution is 7.17. The van der Waals surface area contributed by atoms with E-state index in [0.717, 1.165) is 0 Å². The number of hydrogen-bond acceptors (Lipinski definition) is 6. The highest BCUT2D eigenvalue weighted by atomic mass is 31.0. The zero-order valence-electron chi connectivity index (χ0n) is 12.6. The fourth-order valence-electron chi connectivity index (χ4n) is 2.08. The molecule has 7 nitrogen and oxygen atoms in total. The fourth-order valence-corrected chi connectivity index (χ4v) is 2.22. The zero-order valence-corrected chi connectivity index (χ0v) is 13.7. The average molecular weight is 362 g/mol. The van der Waals surface area contributed by atoms with Crippen molar-refractivity contribution in [2.75, 3.05) is 0 Å². The number of carboxylic acid groups (broad SMARTS) is 1. The molecule has 1 aromatic heterocycles. The van der Waals surface area contributed by atoms with Crippen molar-refractivity contribution < 1.29 is 28.7 Å². The number of alkyl halides is 1. The Morgan fingerprint density at radius 1 is 1.20 bits per heavy atom. The van der Waals surface area contributed by atoms with E-state index >= 15 is 0 Å². The molecular weight excluding hydrogens is 350 g/mol. The molecule has 9 heteroatoms. The Hall–Kier alpha value is -2.83. The molecule has 3 aromatic rings. The predicted octanol–water partition coefficient (Wildman–Crippen LogP) is 2.93. The maximum atomic E-state index is 13.0. The molecule has 2 N–H and O–H groups in total. The van der Waals surface area contributed by atoms with E-state index in [0.29, 0.717) is 11.1 Å². The molecule has 0 saturated carbocycles. The molecule has 0 bridgehead atoms. The van der Waals surface area contributed by atoms with Crippen molar-refractivity contribution in [2.45, 2.75) is 5.78 Å². The predicted molar refractivity (Wildman–Crippen MR) is 88.5 cm³/mol. The third-order valence-corrected chi connectivity index (χ3v) is 3.27. The van der Waals surface area contributed by atoms with Gasteiger partial charge in [-0.1, -0.05) is 17.3 Å². The third kappa shape index (κ3) is 4.17. The highest BCUT2D eigenvalue weighted by Crippen LogP contribution is 2.27. The topological polar surface area (TPSA) is 106 Å². The molecule has 0 aliphatic heterocycles. The second-order valence-corrected chi connectivity index (χ2v) is 5.76. The Morgan fingerprint density at radius 3 is 2.56 bits per heavy atom. The van der Waals surface area contributed by atoms with Crippen molar-refractivity contribution in [1.82, 2.24) is 10.1 Å². The van der Waals surface area contributed by atoms with Crippen LogP contribution in [0.2, 0.25) is 0 Å². The summed E-state index contributed by atoms with van der Waals surface area (Å²) in [6, 6.07) is 12.1. The number of aromatic carboxylic acids is 1. The van der Waals surface area contributed by atoms with Crippen molar-refractivity contribution in [1.29, 1.82) is 0 Å². The molecule has 3 rings (SSSR count). The first kappa shape index (κ1) is 17.0. The average Bonchev–Trinajstić information content (AvgIpc) is 3.04. The number of rotatable bonds is 5. The van der Waals surface area contributed by atoms with Crippen LogP contribution >= 0.6 is 9.24 Å². The molecule has 1 heterocycles. The number of benzene rings is 2. The number of ether oxygens (including phenoxy) is 1. The van der Waals surface area contributed by atoms with Crippen molar-refractivity contribution in [3.63, 3.8) is 0 Å². The lowest BCUT2D eigenvalue weighted by Gasteiger charge is -2.14. The van der Waals surface area contributed by atoms with Gasteiger partial charge in [0, 0.05) is 11.1 Å². The minimum absolute atomic E-state index is 0.109. The summed E-state index contributed by atoms with van der Waals surface area (Å²) < 4.78 is 22.8. The molecule has 2 atom stereocenters. The number of carbonyl (C=O) groups is 1. The number of halogens is 1. The molecule has 0 aliphatic rings. The second-order valence-electron chi connectivity index (χ2n) is 5.04. The van der Waals surface area contributed by atoms with Crippen LogP contribution in [0.1, 0.15) is 10.4 Å². The monoisotopic (exact) mass is 362 g/mol. The third-order valence-electron chi connectivity index (χ3n) is 3.16. The van der Waals surface area contributed by atoms with Crippen molar-refractivity contribution in [3.05, 3.63) is 54.1 Å². The van der Waals surface area contributed by atoms with Gasteiger partial charge < -0.3 is 19.5 Å². The van der Waals surface area contributed by atoms with Crippen LogP contribution < -0.4 is 4.74 Å². The summed E-state index contributed by atoms with van der Waals surface area (Å²) in [4.78, 5) is 15.2. The highest BCUT2D eigenvalue weighted by Gasteiger charge is 2.20. The lowest BCUT2D eigenvalue weighted by atomic mass is 10.1. The summed E-state index contributed by atoms with van der Waals surface area (Å²) in [6.45, 7) is 0. The van der Waals surface area contributed by atoms with E-state index in [9.17, 15) is 9.18 Å². The lowest BCUT2D eigenvalue weighted by molar-refractivity contribution is -0.157. The standard InChI is InChI=1S/C16H12FN2O5P/c17-16(22,25)23-12-6-4-9(5-7-12)14-18-13(19-24-14)10-2-1-3-11(8-10)15(20)21/h1-8,22H,25H2,(H,20,21). The van der Waals surface area contributed by atoms with E-state index < -0.39 is 11.8 Å². The molecule has 0 fully saturated rings. The lowest BCUT2D eigenvalue weighted by Crippen LogP contribution is -2.20. The van der Waals surface area contributed by atoms with Gasteiger partial charge in [-0.05, 0) is 45.6 Å². The van der Waals surface area contributed by atoms with Gasteiger partial charge in [0.15, 0.2) is 0 Å².